The van der Waals surface area contributed by atoms with Gasteiger partial charge in [0.1, 0.15) is 11.0 Å². The van der Waals surface area contributed by atoms with Crippen LogP contribution in [0, 0.1) is 0 Å². The lowest BCUT2D eigenvalue weighted by atomic mass is 10.1. The van der Waals surface area contributed by atoms with Gasteiger partial charge >= 0.3 is 5.97 Å². The van der Waals surface area contributed by atoms with Gasteiger partial charge in [-0.2, -0.15) is 0 Å². The largest absolute Gasteiger partial charge is 0.480 e. The molecule has 1 heterocycles. The number of unbranched alkanes of at least 4 members (excludes halogenated alkanes) is 1. The van der Waals surface area contributed by atoms with Crippen LogP contribution < -0.4 is 11.1 Å². The first-order chi connectivity index (χ1) is 13.6. The monoisotopic (exact) mass is 397 g/mol. The molecule has 0 saturated heterocycles. The lowest BCUT2D eigenvalue weighted by molar-refractivity contribution is -0.142. The molecule has 0 aliphatic rings. The molecule has 0 aliphatic heterocycles. The molecule has 0 fully saturated rings. The molecular formula is C21H23N3O3S. The van der Waals surface area contributed by atoms with Crippen LogP contribution >= 0.6 is 11.3 Å². The van der Waals surface area contributed by atoms with Crippen molar-refractivity contribution in [2.45, 2.75) is 31.7 Å². The number of rotatable bonds is 9. The standard InChI is InChI=1S/C21H23N3O3S/c22-11-5-4-8-16(21(26)27)23-19(25)13-20-24-17-12-15(9-10-18(17)28-20)14-6-2-1-3-7-14/h1-3,6-7,9-10,12,16H,4-5,8,11,13,22H2,(H,23,25)(H,26,27). The maximum Gasteiger partial charge on any atom is 0.326 e. The fourth-order valence-corrected chi connectivity index (χ4v) is 3.94. The molecule has 7 heteroatoms. The van der Waals surface area contributed by atoms with Crippen molar-refractivity contribution in [1.82, 2.24) is 10.3 Å². The number of hydrogen-bond donors (Lipinski definition) is 3. The molecular weight excluding hydrogens is 374 g/mol. The Hall–Kier alpha value is -2.77. The summed E-state index contributed by atoms with van der Waals surface area (Å²) in [5.74, 6) is -1.36. The molecule has 0 bridgehead atoms. The van der Waals surface area contributed by atoms with Gasteiger partial charge in [0.15, 0.2) is 0 Å². The summed E-state index contributed by atoms with van der Waals surface area (Å²) in [6.07, 6.45) is 1.84. The van der Waals surface area contributed by atoms with Gasteiger partial charge in [-0.3, -0.25) is 4.79 Å². The number of carboxylic acid groups (broad SMARTS) is 1. The summed E-state index contributed by atoms with van der Waals surface area (Å²) in [4.78, 5) is 28.2. The van der Waals surface area contributed by atoms with E-state index in [0.717, 1.165) is 27.8 Å². The van der Waals surface area contributed by atoms with Crippen molar-refractivity contribution in [2.24, 2.45) is 5.73 Å². The Bertz CT molecular complexity index is 956. The van der Waals surface area contributed by atoms with E-state index in [2.05, 4.69) is 10.3 Å². The maximum absolute atomic E-state index is 12.3. The Labute approximate surface area is 167 Å². The average Bonchev–Trinajstić information content (AvgIpc) is 3.09. The van der Waals surface area contributed by atoms with Gasteiger partial charge in [0, 0.05) is 0 Å². The Balaban J connectivity index is 1.68. The molecule has 0 aliphatic carbocycles. The highest BCUT2D eigenvalue weighted by atomic mass is 32.1. The van der Waals surface area contributed by atoms with Gasteiger partial charge < -0.3 is 16.2 Å². The predicted octanol–water partition coefficient (Wildman–Crippen LogP) is 3.20. The zero-order valence-electron chi connectivity index (χ0n) is 15.4. The molecule has 1 amide bonds. The number of carbonyl (C=O) groups is 2. The zero-order valence-corrected chi connectivity index (χ0v) is 16.2. The van der Waals surface area contributed by atoms with E-state index < -0.39 is 12.0 Å². The summed E-state index contributed by atoms with van der Waals surface area (Å²) < 4.78 is 1.00. The highest BCUT2D eigenvalue weighted by Crippen LogP contribution is 2.28. The lowest BCUT2D eigenvalue weighted by Crippen LogP contribution is -2.41. The van der Waals surface area contributed by atoms with E-state index in [9.17, 15) is 14.7 Å². The van der Waals surface area contributed by atoms with Gasteiger partial charge in [-0.15, -0.1) is 11.3 Å². The van der Waals surface area contributed by atoms with Crippen LogP contribution in [0.3, 0.4) is 0 Å². The smallest absolute Gasteiger partial charge is 0.326 e. The van der Waals surface area contributed by atoms with Crippen LogP contribution in [0.5, 0.6) is 0 Å². The minimum atomic E-state index is -1.03. The number of aromatic nitrogens is 1. The molecule has 146 valence electrons. The maximum atomic E-state index is 12.3. The van der Waals surface area contributed by atoms with E-state index in [-0.39, 0.29) is 12.3 Å². The minimum absolute atomic E-state index is 0.0701. The second-order valence-electron chi connectivity index (χ2n) is 6.58. The number of nitrogens with two attached hydrogens (primary N) is 1. The molecule has 3 aromatic rings. The molecule has 0 saturated carbocycles. The van der Waals surface area contributed by atoms with Crippen molar-refractivity contribution in [3.8, 4) is 11.1 Å². The Morgan fingerprint density at radius 1 is 1.11 bits per heavy atom. The number of thiazole rings is 1. The van der Waals surface area contributed by atoms with E-state index >= 15 is 0 Å². The summed E-state index contributed by atoms with van der Waals surface area (Å²) in [6.45, 7) is 0.511. The van der Waals surface area contributed by atoms with E-state index in [1.165, 1.54) is 11.3 Å². The van der Waals surface area contributed by atoms with Crippen LogP contribution in [0.25, 0.3) is 21.3 Å². The van der Waals surface area contributed by atoms with E-state index in [1.807, 2.05) is 48.5 Å². The SMILES string of the molecule is NCCCCC(NC(=O)Cc1nc2cc(-c3ccccc3)ccc2s1)C(=O)O. The van der Waals surface area contributed by atoms with Crippen LogP contribution in [0.2, 0.25) is 0 Å². The summed E-state index contributed by atoms with van der Waals surface area (Å²) in [7, 11) is 0. The topological polar surface area (TPSA) is 105 Å². The first-order valence-corrected chi connectivity index (χ1v) is 10.1. The highest BCUT2D eigenvalue weighted by molar-refractivity contribution is 7.18. The quantitative estimate of drug-likeness (QED) is 0.481. The molecule has 3 rings (SSSR count). The predicted molar refractivity (Wildman–Crippen MR) is 111 cm³/mol. The van der Waals surface area contributed by atoms with Crippen molar-refractivity contribution < 1.29 is 14.7 Å². The molecule has 2 aromatic carbocycles. The third-order valence-electron chi connectivity index (χ3n) is 4.43. The van der Waals surface area contributed by atoms with Crippen LogP contribution in [-0.4, -0.2) is 34.6 Å². The Morgan fingerprint density at radius 2 is 1.89 bits per heavy atom. The second kappa shape index (κ2) is 9.43. The normalized spacial score (nSPS) is 12.0. The molecule has 1 atom stereocenters. The number of amides is 1. The molecule has 1 aromatic heterocycles. The van der Waals surface area contributed by atoms with Gasteiger partial charge in [0.2, 0.25) is 5.91 Å². The first-order valence-electron chi connectivity index (χ1n) is 9.24. The van der Waals surface area contributed by atoms with Crippen LogP contribution in [-0.2, 0) is 16.0 Å². The summed E-state index contributed by atoms with van der Waals surface area (Å²) in [5.41, 5.74) is 8.46. The van der Waals surface area contributed by atoms with Crippen LogP contribution in [0.15, 0.2) is 48.5 Å². The van der Waals surface area contributed by atoms with Crippen molar-refractivity contribution in [1.29, 1.82) is 0 Å². The van der Waals surface area contributed by atoms with E-state index in [4.69, 9.17) is 5.73 Å². The van der Waals surface area contributed by atoms with Gasteiger partial charge in [-0.05, 0) is 49.1 Å². The number of benzene rings is 2. The third kappa shape index (κ3) is 5.15. The first kappa shape index (κ1) is 20.0. The van der Waals surface area contributed by atoms with Crippen molar-refractivity contribution in [2.75, 3.05) is 6.54 Å². The minimum Gasteiger partial charge on any atom is -0.480 e. The van der Waals surface area contributed by atoms with Crippen molar-refractivity contribution in [3.63, 3.8) is 0 Å². The Kier molecular flexibility index (Phi) is 6.73. The molecule has 0 radical (unpaired) electrons. The average molecular weight is 398 g/mol. The number of nitrogens with one attached hydrogen (secondary N) is 1. The lowest BCUT2D eigenvalue weighted by Gasteiger charge is -2.13. The number of hydrogen-bond acceptors (Lipinski definition) is 5. The number of aliphatic carboxylic acids is 1. The molecule has 6 nitrogen and oxygen atoms in total. The number of carbonyl (C=O) groups excluding carboxylic acids is 1. The van der Waals surface area contributed by atoms with Crippen LogP contribution in [0.1, 0.15) is 24.3 Å². The second-order valence-corrected chi connectivity index (χ2v) is 7.69. The summed E-state index contributed by atoms with van der Waals surface area (Å²) in [6, 6.07) is 15.2. The number of carboxylic acids is 1. The fourth-order valence-electron chi connectivity index (χ4n) is 2.99. The van der Waals surface area contributed by atoms with E-state index in [1.54, 1.807) is 0 Å². The van der Waals surface area contributed by atoms with Gasteiger partial charge in [-0.25, -0.2) is 9.78 Å². The van der Waals surface area contributed by atoms with Gasteiger partial charge in [0.25, 0.3) is 0 Å². The highest BCUT2D eigenvalue weighted by Gasteiger charge is 2.20. The third-order valence-corrected chi connectivity index (χ3v) is 5.47. The van der Waals surface area contributed by atoms with Gasteiger partial charge in [0.05, 0.1) is 16.6 Å². The number of fused-ring (bicyclic) bond motifs is 1. The van der Waals surface area contributed by atoms with Crippen molar-refractivity contribution >= 4 is 33.4 Å². The van der Waals surface area contributed by atoms with E-state index in [0.29, 0.717) is 24.4 Å². The summed E-state index contributed by atoms with van der Waals surface area (Å²) in [5, 5.41) is 12.5. The van der Waals surface area contributed by atoms with Gasteiger partial charge in [-0.1, -0.05) is 36.4 Å². The fraction of sp³-hybridized carbons (Fsp3) is 0.286. The van der Waals surface area contributed by atoms with Crippen LogP contribution in [0.4, 0.5) is 0 Å². The summed E-state index contributed by atoms with van der Waals surface area (Å²) >= 11 is 1.45. The molecule has 4 N–H and O–H groups in total. The molecule has 28 heavy (non-hydrogen) atoms. The molecule has 1 unspecified atom stereocenters. The molecule has 0 spiro atoms. The number of nitrogens with zero attached hydrogens (tertiary/aromatic N) is 1. The zero-order chi connectivity index (χ0) is 19.9. The van der Waals surface area contributed by atoms with Crippen molar-refractivity contribution in [3.05, 3.63) is 53.5 Å². The Morgan fingerprint density at radius 3 is 2.61 bits per heavy atom.